The number of ether oxygens (including phenoxy) is 1. The van der Waals surface area contributed by atoms with E-state index in [4.69, 9.17) is 22.1 Å². The van der Waals surface area contributed by atoms with Gasteiger partial charge >= 0.3 is 0 Å². The van der Waals surface area contributed by atoms with Crippen LogP contribution < -0.4 is 11.1 Å². The smallest absolute Gasteiger partial charge is 0.297 e. The molecule has 1 heterocycles. The summed E-state index contributed by atoms with van der Waals surface area (Å²) in [7, 11) is 2.88. The van der Waals surface area contributed by atoms with Crippen molar-refractivity contribution < 1.29 is 31.5 Å². The molecule has 0 saturated heterocycles. The van der Waals surface area contributed by atoms with Gasteiger partial charge in [0.05, 0.1) is 23.4 Å². The second kappa shape index (κ2) is 13.9. The first-order valence-corrected chi connectivity index (χ1v) is 13.4. The summed E-state index contributed by atoms with van der Waals surface area (Å²) in [5, 5.41) is 6.33. The van der Waals surface area contributed by atoms with Gasteiger partial charge in [0.25, 0.3) is 18.3 Å². The Kier molecular flexibility index (Phi) is 10.3. The summed E-state index contributed by atoms with van der Waals surface area (Å²) in [5.74, 6) is -4.65. The zero-order valence-electron chi connectivity index (χ0n) is 23.5. The molecule has 3 N–H and O–H groups in total. The van der Waals surface area contributed by atoms with Crippen LogP contribution in [0, 0.1) is 0 Å². The van der Waals surface area contributed by atoms with Gasteiger partial charge in [-0.25, -0.2) is 31.6 Å². The number of alkyl halides is 5. The van der Waals surface area contributed by atoms with Crippen molar-refractivity contribution in [1.82, 2.24) is 25.0 Å². The number of nitrogens with zero attached hydrogens (tertiary/aromatic N) is 6. The van der Waals surface area contributed by atoms with Crippen molar-refractivity contribution in [2.45, 2.75) is 30.9 Å². The molecular formula is C28H28ClF5N8O2. The molecule has 1 fully saturated rings. The van der Waals surface area contributed by atoms with Crippen LogP contribution in [-0.2, 0) is 4.74 Å². The highest BCUT2D eigenvalue weighted by molar-refractivity contribution is 6.32. The molecule has 234 valence electrons. The molecule has 2 unspecified atom stereocenters. The van der Waals surface area contributed by atoms with E-state index >= 15 is 0 Å². The molecule has 0 bridgehead atoms. The summed E-state index contributed by atoms with van der Waals surface area (Å²) < 4.78 is 73.7. The van der Waals surface area contributed by atoms with Gasteiger partial charge in [-0.15, -0.1) is 0 Å². The van der Waals surface area contributed by atoms with E-state index in [0.29, 0.717) is 11.1 Å². The Morgan fingerprint density at radius 3 is 2.52 bits per heavy atom. The lowest BCUT2D eigenvalue weighted by molar-refractivity contribution is -0.00224. The lowest BCUT2D eigenvalue weighted by atomic mass is 10.0. The molecule has 4 rings (SSSR count). The topological polar surface area (TPSA) is 123 Å². The number of carbonyl (C=O) groups excluding carboxylic acids is 1. The molecule has 44 heavy (non-hydrogen) atoms. The lowest BCUT2D eigenvalue weighted by Crippen LogP contribution is -2.46. The van der Waals surface area contributed by atoms with Gasteiger partial charge in [0, 0.05) is 44.1 Å². The SMILES string of the molecule is CN=C/C(=C\NCF)c1ccc(C(=O)N(C(N)=NC)C(COC2CC2(F)F)c2ccc(Cl)c(-n3ncnc3C(F)F)c2)cc1. The summed E-state index contributed by atoms with van der Waals surface area (Å²) in [6, 6.07) is 9.26. The van der Waals surface area contributed by atoms with E-state index in [-0.39, 0.29) is 27.8 Å². The van der Waals surface area contributed by atoms with Crippen LogP contribution in [0.15, 0.2) is 65.0 Å². The fraction of sp³-hybridized carbons (Fsp3) is 0.321. The van der Waals surface area contributed by atoms with E-state index in [2.05, 4.69) is 25.4 Å². The number of guanidine groups is 1. The normalized spacial score (nSPS) is 17.2. The van der Waals surface area contributed by atoms with Crippen LogP contribution in [0.3, 0.4) is 0 Å². The van der Waals surface area contributed by atoms with Crippen molar-refractivity contribution in [2.75, 3.05) is 27.5 Å². The zero-order chi connectivity index (χ0) is 32.0. The Bertz CT molecular complexity index is 1560. The molecule has 16 heteroatoms. The number of halogens is 6. The maximum Gasteiger partial charge on any atom is 0.297 e. The quantitative estimate of drug-likeness (QED) is 0.125. The van der Waals surface area contributed by atoms with Crippen LogP contribution in [0.2, 0.25) is 5.02 Å². The average molecular weight is 639 g/mol. The van der Waals surface area contributed by atoms with Crippen molar-refractivity contribution in [3.8, 4) is 5.69 Å². The van der Waals surface area contributed by atoms with Gasteiger partial charge in [-0.05, 0) is 35.4 Å². The average Bonchev–Trinajstić information content (AvgIpc) is 3.36. The number of carbonyl (C=O) groups is 1. The van der Waals surface area contributed by atoms with Crippen LogP contribution in [0.5, 0.6) is 0 Å². The summed E-state index contributed by atoms with van der Waals surface area (Å²) in [5.41, 5.74) is 7.74. The number of aliphatic imine (C=N–C) groups is 2. The fourth-order valence-electron chi connectivity index (χ4n) is 4.32. The van der Waals surface area contributed by atoms with E-state index in [9.17, 15) is 26.7 Å². The van der Waals surface area contributed by atoms with E-state index in [1.54, 1.807) is 19.2 Å². The number of hydrogen-bond donors (Lipinski definition) is 2. The van der Waals surface area contributed by atoms with Crippen LogP contribution in [-0.4, -0.2) is 77.3 Å². The molecule has 10 nitrogen and oxygen atoms in total. The highest BCUT2D eigenvalue weighted by Crippen LogP contribution is 2.45. The van der Waals surface area contributed by atoms with Crippen molar-refractivity contribution >= 4 is 35.3 Å². The van der Waals surface area contributed by atoms with Gasteiger partial charge in [0.2, 0.25) is 0 Å². The van der Waals surface area contributed by atoms with Crippen molar-refractivity contribution in [3.63, 3.8) is 0 Å². The first-order chi connectivity index (χ1) is 21.0. The minimum Gasteiger partial charge on any atom is -0.369 e. The summed E-state index contributed by atoms with van der Waals surface area (Å²) in [6.07, 6.45) is -1.00. The lowest BCUT2D eigenvalue weighted by Gasteiger charge is -2.31. The minimum atomic E-state index is -3.03. The highest BCUT2D eigenvalue weighted by atomic mass is 35.5. The molecule has 0 radical (unpaired) electrons. The monoisotopic (exact) mass is 638 g/mol. The Labute approximate surface area is 254 Å². The van der Waals surface area contributed by atoms with Crippen molar-refractivity contribution in [1.29, 1.82) is 0 Å². The molecule has 0 spiro atoms. The molecule has 1 amide bonds. The number of aromatic nitrogens is 3. The van der Waals surface area contributed by atoms with Crippen molar-refractivity contribution in [3.05, 3.63) is 82.5 Å². The van der Waals surface area contributed by atoms with Gasteiger partial charge in [-0.3, -0.25) is 19.7 Å². The van der Waals surface area contributed by atoms with E-state index in [1.807, 2.05) is 0 Å². The zero-order valence-corrected chi connectivity index (χ0v) is 24.2. The fourth-order valence-corrected chi connectivity index (χ4v) is 4.52. The maximum absolute atomic E-state index is 14.0. The van der Waals surface area contributed by atoms with Crippen LogP contribution >= 0.6 is 11.6 Å². The predicted octanol–water partition coefficient (Wildman–Crippen LogP) is 4.97. The molecular weight excluding hydrogens is 611 g/mol. The van der Waals surface area contributed by atoms with Crippen LogP contribution in [0.1, 0.15) is 46.2 Å². The van der Waals surface area contributed by atoms with Crippen molar-refractivity contribution in [2.24, 2.45) is 15.7 Å². The number of rotatable bonds is 12. The van der Waals surface area contributed by atoms with Gasteiger partial charge in [0.15, 0.2) is 18.6 Å². The van der Waals surface area contributed by atoms with Gasteiger partial charge in [0.1, 0.15) is 12.4 Å². The largest absolute Gasteiger partial charge is 0.369 e. The number of benzene rings is 2. The van der Waals surface area contributed by atoms with E-state index in [0.717, 1.165) is 15.9 Å². The Morgan fingerprint density at radius 2 is 1.93 bits per heavy atom. The molecule has 0 aliphatic heterocycles. The minimum absolute atomic E-state index is 0.00118. The van der Waals surface area contributed by atoms with Crippen LogP contribution in [0.25, 0.3) is 11.3 Å². The van der Waals surface area contributed by atoms with Gasteiger partial charge in [-0.2, -0.15) is 5.10 Å². The second-order valence-corrected chi connectivity index (χ2v) is 9.91. The first kappa shape index (κ1) is 32.5. The summed E-state index contributed by atoms with van der Waals surface area (Å²) in [4.78, 5) is 26.5. The first-order valence-electron chi connectivity index (χ1n) is 13.1. The van der Waals surface area contributed by atoms with Crippen LogP contribution in [0.4, 0.5) is 22.0 Å². The van der Waals surface area contributed by atoms with Gasteiger partial charge in [-0.1, -0.05) is 29.8 Å². The third-order valence-corrected chi connectivity index (χ3v) is 6.97. The van der Waals surface area contributed by atoms with Gasteiger partial charge < -0.3 is 15.8 Å². The Morgan fingerprint density at radius 1 is 1.25 bits per heavy atom. The molecule has 1 aliphatic rings. The molecule has 2 atom stereocenters. The highest BCUT2D eigenvalue weighted by Gasteiger charge is 2.58. The third kappa shape index (κ3) is 7.22. The maximum atomic E-state index is 14.0. The molecule has 3 aromatic rings. The molecule has 1 aromatic heterocycles. The number of nitrogens with two attached hydrogens (primary N) is 1. The second-order valence-electron chi connectivity index (χ2n) is 9.50. The number of nitrogens with one attached hydrogen (secondary N) is 1. The number of allylic oxidation sites excluding steroid dienone is 1. The van der Waals surface area contributed by atoms with E-state index < -0.39 is 56.1 Å². The number of hydrogen-bond acceptors (Lipinski definition) is 7. The molecule has 1 aliphatic carbocycles. The Hall–Kier alpha value is -4.37. The summed E-state index contributed by atoms with van der Waals surface area (Å²) in [6.45, 7) is -1.25. The number of amides is 1. The summed E-state index contributed by atoms with van der Waals surface area (Å²) >= 11 is 6.33. The standard InChI is InChI=1S/C28H28ClF5N8O2/c1-36-11-19(12-38-14-30)16-3-5-17(6-4-16)26(43)41(27(35)37-2)22(13-44-23-10-28(23,33)34)18-7-8-20(29)21(9-18)42-25(24(31)32)39-15-40-42/h3-9,11-12,15,22-24,38H,10,13-14H2,1-2H3,(H2,35,37)/b19-12+,36-11?. The third-order valence-electron chi connectivity index (χ3n) is 6.65. The molecule has 1 saturated carbocycles. The van der Waals surface area contributed by atoms with E-state index in [1.165, 1.54) is 49.8 Å². The Balaban J connectivity index is 1.76. The predicted molar refractivity (Wildman–Crippen MR) is 155 cm³/mol. The molecule has 2 aromatic carbocycles.